The zero-order valence-corrected chi connectivity index (χ0v) is 17.2. The van der Waals surface area contributed by atoms with E-state index in [1.54, 1.807) is 0 Å². The molecule has 1 N–H and O–H groups in total. The molecule has 0 fully saturated rings. The first-order valence-corrected chi connectivity index (χ1v) is 9.34. The van der Waals surface area contributed by atoms with Gasteiger partial charge in [-0.25, -0.2) is 23.0 Å². The molecule has 0 amide bonds. The highest BCUT2D eigenvalue weighted by Crippen LogP contribution is 2.29. The summed E-state index contributed by atoms with van der Waals surface area (Å²) in [4.78, 5) is 14.0. The monoisotopic (exact) mass is 446 g/mol. The molecule has 32 heavy (non-hydrogen) atoms. The van der Waals surface area contributed by atoms with Gasteiger partial charge in [-0.05, 0) is 29.8 Å². The molecule has 0 saturated carbocycles. The number of hydrogen-bond acceptors (Lipinski definition) is 7. The average Bonchev–Trinajstić information content (AvgIpc) is 3.19. The van der Waals surface area contributed by atoms with Crippen molar-refractivity contribution in [1.82, 2.24) is 14.8 Å². The Morgan fingerprint density at radius 3 is 2.50 bits per heavy atom. The molecule has 12 heteroatoms. The Morgan fingerprint density at radius 1 is 1.25 bits per heavy atom. The van der Waals surface area contributed by atoms with Crippen molar-refractivity contribution in [2.45, 2.75) is 12.1 Å². The summed E-state index contributed by atoms with van der Waals surface area (Å²) in [5.41, 5.74) is -2.20. The van der Waals surface area contributed by atoms with Crippen molar-refractivity contribution in [2.24, 2.45) is 5.10 Å². The maximum absolute atomic E-state index is 14.6. The van der Waals surface area contributed by atoms with Crippen LogP contribution in [0.1, 0.15) is 11.1 Å². The van der Waals surface area contributed by atoms with E-state index < -0.39 is 32.6 Å². The van der Waals surface area contributed by atoms with Crippen LogP contribution in [0.5, 0.6) is 0 Å². The van der Waals surface area contributed by atoms with Crippen molar-refractivity contribution in [1.29, 1.82) is 0 Å². The molecule has 1 atom stereocenters. The largest absolute Gasteiger partial charge is 0.855 e. The molecule has 1 unspecified atom stereocenters. The van der Waals surface area contributed by atoms with Crippen LogP contribution in [0.25, 0.3) is 0 Å². The quantitative estimate of drug-likeness (QED) is 0.182. The maximum atomic E-state index is 14.6. The predicted molar refractivity (Wildman–Crippen MR) is 107 cm³/mol. The van der Waals surface area contributed by atoms with Crippen LogP contribution in [-0.2, 0) is 12.1 Å². The van der Waals surface area contributed by atoms with Crippen molar-refractivity contribution in [3.63, 3.8) is 0 Å². The van der Waals surface area contributed by atoms with E-state index in [1.807, 2.05) is 0 Å². The SMILES string of the molecule is C[N+](C)(CC(O)(Cn1cncn1)c1ccc(F)cc1F)/N=C(\[O-])c1ccc([N+](=O)[O-])cc1. The van der Waals surface area contributed by atoms with Gasteiger partial charge in [0, 0.05) is 23.8 Å². The number of non-ortho nitro benzene ring substituents is 1. The molecule has 10 nitrogen and oxygen atoms in total. The normalized spacial score (nSPS) is 14.2. The first-order valence-electron chi connectivity index (χ1n) is 9.34. The summed E-state index contributed by atoms with van der Waals surface area (Å²) in [7, 11) is 3.02. The fraction of sp³-hybridized carbons (Fsp3) is 0.250. The molecular formula is C20H20F2N6O4. The molecule has 0 saturated heterocycles. The topological polar surface area (TPSA) is 130 Å². The second-order valence-corrected chi connectivity index (χ2v) is 7.74. The summed E-state index contributed by atoms with van der Waals surface area (Å²) in [5.74, 6) is -2.46. The summed E-state index contributed by atoms with van der Waals surface area (Å²) in [5, 5.41) is 42.8. The van der Waals surface area contributed by atoms with Crippen LogP contribution in [0.15, 0.2) is 60.2 Å². The van der Waals surface area contributed by atoms with Crippen LogP contribution in [0.3, 0.4) is 0 Å². The van der Waals surface area contributed by atoms with E-state index in [4.69, 9.17) is 0 Å². The summed E-state index contributed by atoms with van der Waals surface area (Å²) in [6.07, 6.45) is 2.56. The smallest absolute Gasteiger partial charge is 0.269 e. The number of nitro groups is 1. The third kappa shape index (κ3) is 5.28. The lowest BCUT2D eigenvalue weighted by Crippen LogP contribution is -2.50. The number of nitro benzene ring substituents is 1. The van der Waals surface area contributed by atoms with Gasteiger partial charge in [-0.2, -0.15) is 5.10 Å². The number of benzene rings is 2. The molecular weight excluding hydrogens is 426 g/mol. The van der Waals surface area contributed by atoms with Crippen molar-refractivity contribution < 1.29 is 28.5 Å². The summed E-state index contributed by atoms with van der Waals surface area (Å²) in [6, 6.07) is 7.69. The zero-order valence-electron chi connectivity index (χ0n) is 17.2. The molecule has 0 radical (unpaired) electrons. The lowest BCUT2D eigenvalue weighted by atomic mass is 9.92. The molecule has 1 heterocycles. The van der Waals surface area contributed by atoms with Crippen molar-refractivity contribution in [3.05, 3.63) is 88.0 Å². The summed E-state index contributed by atoms with van der Waals surface area (Å²) >= 11 is 0. The van der Waals surface area contributed by atoms with Crippen LogP contribution >= 0.6 is 0 Å². The first kappa shape index (κ1) is 22.9. The van der Waals surface area contributed by atoms with Gasteiger partial charge in [0.25, 0.3) is 5.69 Å². The number of hydrogen-bond donors (Lipinski definition) is 1. The fourth-order valence-electron chi connectivity index (χ4n) is 3.37. The number of aliphatic hydroxyl groups is 1. The standard InChI is InChI=1S/C20H20F2N6O4/c1-28(2,25-19(29)14-3-6-16(7-4-14)27(31)32)11-20(30,10-26-13-23-12-24-26)17-8-5-15(21)9-18(17)22/h3-9,12-13,30H,10-11H2,1-2H3. The van der Waals surface area contributed by atoms with Gasteiger partial charge in [0.2, 0.25) is 0 Å². The second-order valence-electron chi connectivity index (χ2n) is 7.74. The average molecular weight is 446 g/mol. The van der Waals surface area contributed by atoms with Crippen molar-refractivity contribution >= 4 is 11.6 Å². The van der Waals surface area contributed by atoms with Gasteiger partial charge in [0.15, 0.2) is 5.60 Å². The van der Waals surface area contributed by atoms with Crippen molar-refractivity contribution in [2.75, 3.05) is 20.6 Å². The number of nitrogens with zero attached hydrogens (tertiary/aromatic N) is 6. The Balaban J connectivity index is 1.94. The maximum Gasteiger partial charge on any atom is 0.269 e. The Hall–Kier alpha value is -3.77. The third-order valence-electron chi connectivity index (χ3n) is 4.66. The minimum Gasteiger partial charge on any atom is -0.855 e. The van der Waals surface area contributed by atoms with E-state index in [-0.39, 0.29) is 29.9 Å². The van der Waals surface area contributed by atoms with Crippen LogP contribution in [0.2, 0.25) is 0 Å². The number of rotatable bonds is 8. The minimum atomic E-state index is -1.94. The van der Waals surface area contributed by atoms with E-state index in [2.05, 4.69) is 15.2 Å². The first-order chi connectivity index (χ1) is 15.0. The van der Waals surface area contributed by atoms with E-state index in [0.29, 0.717) is 6.07 Å². The van der Waals surface area contributed by atoms with E-state index >= 15 is 0 Å². The lowest BCUT2D eigenvalue weighted by molar-refractivity contribution is -0.905. The summed E-state index contributed by atoms with van der Waals surface area (Å²) < 4.78 is 28.9. The zero-order chi connectivity index (χ0) is 23.5. The summed E-state index contributed by atoms with van der Waals surface area (Å²) in [6.45, 7) is -0.521. The second kappa shape index (κ2) is 8.77. The Bertz CT molecular complexity index is 1140. The number of aromatic nitrogens is 3. The van der Waals surface area contributed by atoms with Gasteiger partial charge in [-0.1, -0.05) is 5.10 Å². The Kier molecular flexibility index (Phi) is 6.27. The molecule has 0 aliphatic carbocycles. The number of halogens is 2. The molecule has 1 aromatic heterocycles. The van der Waals surface area contributed by atoms with Gasteiger partial charge in [-0.15, -0.1) is 0 Å². The van der Waals surface area contributed by atoms with E-state index in [1.165, 1.54) is 55.7 Å². The van der Waals surface area contributed by atoms with Gasteiger partial charge >= 0.3 is 0 Å². The number of quaternary nitrogens is 1. The minimum absolute atomic E-state index is 0.106. The van der Waals surface area contributed by atoms with Gasteiger partial charge in [0.05, 0.1) is 31.5 Å². The lowest BCUT2D eigenvalue weighted by Gasteiger charge is -2.35. The highest BCUT2D eigenvalue weighted by atomic mass is 19.1. The van der Waals surface area contributed by atoms with Gasteiger partial charge in [-0.3, -0.25) is 10.1 Å². The molecule has 0 bridgehead atoms. The van der Waals surface area contributed by atoms with Gasteiger partial charge < -0.3 is 10.2 Å². The van der Waals surface area contributed by atoms with E-state index in [9.17, 15) is 29.1 Å². The molecule has 168 valence electrons. The van der Waals surface area contributed by atoms with Crippen LogP contribution in [-0.4, -0.2) is 55.9 Å². The Labute approximate surface area is 181 Å². The highest BCUT2D eigenvalue weighted by molar-refractivity contribution is 5.90. The highest BCUT2D eigenvalue weighted by Gasteiger charge is 2.40. The number of likely N-dealkylation sites (N-methyl/N-ethyl adjacent to an activating group) is 1. The van der Waals surface area contributed by atoms with Crippen molar-refractivity contribution in [3.8, 4) is 0 Å². The molecule has 0 aliphatic heterocycles. The Morgan fingerprint density at radius 2 is 1.94 bits per heavy atom. The predicted octanol–water partition coefficient (Wildman–Crippen LogP) is 1.15. The third-order valence-corrected chi connectivity index (χ3v) is 4.66. The van der Waals surface area contributed by atoms with Crippen LogP contribution in [0.4, 0.5) is 14.5 Å². The molecule has 3 rings (SSSR count). The van der Waals surface area contributed by atoms with Crippen LogP contribution in [0, 0.1) is 21.7 Å². The van der Waals surface area contributed by atoms with Crippen LogP contribution < -0.4 is 5.11 Å². The fourth-order valence-corrected chi connectivity index (χ4v) is 3.37. The molecule has 0 aliphatic rings. The molecule has 0 spiro atoms. The van der Waals surface area contributed by atoms with Gasteiger partial charge in [0.1, 0.15) is 30.8 Å². The molecule has 3 aromatic rings. The van der Waals surface area contributed by atoms with E-state index in [0.717, 1.165) is 12.1 Å². The molecule has 2 aromatic carbocycles.